The highest BCUT2D eigenvalue weighted by Crippen LogP contribution is 2.28. The van der Waals surface area contributed by atoms with Gasteiger partial charge in [-0.15, -0.1) is 0 Å². The molecule has 1 aromatic heterocycles. The van der Waals surface area contributed by atoms with Gasteiger partial charge < -0.3 is 14.3 Å². The van der Waals surface area contributed by atoms with Crippen molar-refractivity contribution in [3.8, 4) is 5.75 Å². The Morgan fingerprint density at radius 3 is 2.85 bits per heavy atom. The zero-order chi connectivity index (χ0) is 14.7. The van der Waals surface area contributed by atoms with Crippen molar-refractivity contribution in [2.45, 2.75) is 13.5 Å². The molecule has 104 valence electrons. The molecule has 0 aliphatic rings. The zero-order valence-corrected chi connectivity index (χ0v) is 10.5. The first-order valence-electron chi connectivity index (χ1n) is 5.66. The quantitative estimate of drug-likeness (QED) is 0.665. The van der Waals surface area contributed by atoms with Crippen molar-refractivity contribution in [2.24, 2.45) is 0 Å². The molecule has 0 fully saturated rings. The number of rotatable bonds is 5. The summed E-state index contributed by atoms with van der Waals surface area (Å²) in [6.07, 6.45) is 1.23. The topological polar surface area (TPSA) is 103 Å². The van der Waals surface area contributed by atoms with Gasteiger partial charge in [0.05, 0.1) is 11.2 Å². The Hall–Kier alpha value is -2.83. The molecule has 20 heavy (non-hydrogen) atoms. The maximum atomic E-state index is 10.9. The van der Waals surface area contributed by atoms with E-state index in [2.05, 4.69) is 0 Å². The molecular formula is C13H11NO6. The molecule has 1 N–H and O–H groups in total. The Morgan fingerprint density at radius 1 is 1.45 bits per heavy atom. The molecule has 1 aromatic carbocycles. The van der Waals surface area contributed by atoms with Crippen LogP contribution < -0.4 is 4.74 Å². The molecule has 0 unspecified atom stereocenters. The van der Waals surface area contributed by atoms with Gasteiger partial charge in [-0.2, -0.15) is 0 Å². The Labute approximate surface area is 113 Å². The number of hydrogen-bond acceptors (Lipinski definition) is 5. The van der Waals surface area contributed by atoms with E-state index < -0.39 is 10.9 Å². The standard InChI is InChI=1S/C13H11NO6/c1-8-2-3-11(10(6-8)14(17)18)20-7-9-4-5-19-12(9)13(15)16/h2-6H,7H2,1H3,(H,15,16). The fraction of sp³-hybridized carbons (Fsp3) is 0.154. The SMILES string of the molecule is Cc1ccc(OCc2ccoc2C(=O)O)c([N+](=O)[O-])c1. The van der Waals surface area contributed by atoms with E-state index in [1.54, 1.807) is 13.0 Å². The van der Waals surface area contributed by atoms with E-state index in [1.165, 1.54) is 24.5 Å². The number of furan rings is 1. The summed E-state index contributed by atoms with van der Waals surface area (Å²) in [5, 5.41) is 19.8. The smallest absolute Gasteiger partial charge is 0.372 e. The predicted molar refractivity (Wildman–Crippen MR) is 67.8 cm³/mol. The van der Waals surface area contributed by atoms with E-state index in [0.29, 0.717) is 5.56 Å². The number of carbonyl (C=O) groups is 1. The van der Waals surface area contributed by atoms with Gasteiger partial charge in [-0.3, -0.25) is 10.1 Å². The first kappa shape index (κ1) is 13.6. The van der Waals surface area contributed by atoms with Gasteiger partial charge in [0.2, 0.25) is 5.76 Å². The number of ether oxygens (including phenoxy) is 1. The highest BCUT2D eigenvalue weighted by atomic mass is 16.6. The molecule has 1 heterocycles. The summed E-state index contributed by atoms with van der Waals surface area (Å²) in [5.41, 5.74) is 0.885. The lowest BCUT2D eigenvalue weighted by Gasteiger charge is -2.06. The zero-order valence-electron chi connectivity index (χ0n) is 10.5. The minimum Gasteiger partial charge on any atom is -0.482 e. The van der Waals surface area contributed by atoms with E-state index in [0.717, 1.165) is 5.56 Å². The van der Waals surface area contributed by atoms with Gasteiger partial charge in [-0.05, 0) is 24.6 Å². The Morgan fingerprint density at radius 2 is 2.20 bits per heavy atom. The number of carboxylic acid groups (broad SMARTS) is 1. The van der Waals surface area contributed by atoms with Gasteiger partial charge in [-0.1, -0.05) is 6.07 Å². The maximum absolute atomic E-state index is 10.9. The second kappa shape index (κ2) is 5.43. The van der Waals surface area contributed by atoms with E-state index in [1.807, 2.05) is 0 Å². The van der Waals surface area contributed by atoms with E-state index >= 15 is 0 Å². The predicted octanol–water partition coefficient (Wildman–Crippen LogP) is 2.77. The van der Waals surface area contributed by atoms with Crippen LogP contribution in [0.25, 0.3) is 0 Å². The summed E-state index contributed by atoms with van der Waals surface area (Å²) < 4.78 is 10.1. The molecule has 0 aliphatic carbocycles. The number of aromatic carboxylic acids is 1. The van der Waals surface area contributed by atoms with Crippen molar-refractivity contribution in [1.29, 1.82) is 0 Å². The maximum Gasteiger partial charge on any atom is 0.372 e. The number of nitrogens with zero attached hydrogens (tertiary/aromatic N) is 1. The second-order valence-electron chi connectivity index (χ2n) is 4.10. The van der Waals surface area contributed by atoms with Gasteiger partial charge in [0.15, 0.2) is 5.75 Å². The molecule has 0 spiro atoms. The number of hydrogen-bond donors (Lipinski definition) is 1. The second-order valence-corrected chi connectivity index (χ2v) is 4.10. The molecular weight excluding hydrogens is 266 g/mol. The molecule has 7 nitrogen and oxygen atoms in total. The van der Waals surface area contributed by atoms with Crippen LogP contribution >= 0.6 is 0 Å². The van der Waals surface area contributed by atoms with Crippen LogP contribution in [0.1, 0.15) is 21.7 Å². The normalized spacial score (nSPS) is 10.2. The average Bonchev–Trinajstić information content (AvgIpc) is 2.85. The molecule has 0 bridgehead atoms. The molecule has 0 atom stereocenters. The lowest BCUT2D eigenvalue weighted by Crippen LogP contribution is -2.04. The molecule has 0 aliphatic heterocycles. The average molecular weight is 277 g/mol. The third-order valence-electron chi connectivity index (χ3n) is 2.64. The van der Waals surface area contributed by atoms with Crippen LogP contribution in [-0.2, 0) is 6.61 Å². The first-order chi connectivity index (χ1) is 9.49. The van der Waals surface area contributed by atoms with E-state index in [9.17, 15) is 14.9 Å². The van der Waals surface area contributed by atoms with Crippen LogP contribution in [0.4, 0.5) is 5.69 Å². The van der Waals surface area contributed by atoms with Crippen molar-refractivity contribution < 1.29 is 24.0 Å². The van der Waals surface area contributed by atoms with Gasteiger partial charge in [-0.25, -0.2) is 4.79 Å². The van der Waals surface area contributed by atoms with Gasteiger partial charge in [0.1, 0.15) is 6.61 Å². The van der Waals surface area contributed by atoms with Crippen LogP contribution in [0.3, 0.4) is 0 Å². The van der Waals surface area contributed by atoms with Crippen molar-refractivity contribution in [3.05, 3.63) is 57.5 Å². The molecule has 0 saturated carbocycles. The summed E-state index contributed by atoms with van der Waals surface area (Å²) in [6, 6.07) is 6.00. The van der Waals surface area contributed by atoms with Crippen molar-refractivity contribution in [2.75, 3.05) is 0 Å². The van der Waals surface area contributed by atoms with Gasteiger partial charge in [0, 0.05) is 11.6 Å². The van der Waals surface area contributed by atoms with Gasteiger partial charge >= 0.3 is 11.7 Å². The minimum atomic E-state index is -1.22. The Bertz CT molecular complexity index is 661. The van der Waals surface area contributed by atoms with Crippen LogP contribution in [0.5, 0.6) is 5.75 Å². The van der Waals surface area contributed by atoms with Crippen LogP contribution in [0.2, 0.25) is 0 Å². The Balaban J connectivity index is 2.21. The summed E-state index contributed by atoms with van der Waals surface area (Å²) in [7, 11) is 0. The summed E-state index contributed by atoms with van der Waals surface area (Å²) in [5.74, 6) is -1.37. The van der Waals surface area contributed by atoms with Gasteiger partial charge in [0.25, 0.3) is 0 Å². The fourth-order valence-electron chi connectivity index (χ4n) is 1.68. The molecule has 0 radical (unpaired) electrons. The molecule has 0 saturated heterocycles. The largest absolute Gasteiger partial charge is 0.482 e. The summed E-state index contributed by atoms with van der Waals surface area (Å²) in [4.78, 5) is 21.2. The van der Waals surface area contributed by atoms with Crippen LogP contribution in [0, 0.1) is 17.0 Å². The molecule has 2 rings (SSSR count). The number of nitro groups is 1. The third-order valence-corrected chi connectivity index (χ3v) is 2.64. The molecule has 0 amide bonds. The number of nitro benzene ring substituents is 1. The van der Waals surface area contributed by atoms with Crippen molar-refractivity contribution in [3.63, 3.8) is 0 Å². The van der Waals surface area contributed by atoms with Crippen LogP contribution in [-0.4, -0.2) is 16.0 Å². The summed E-state index contributed by atoms with van der Waals surface area (Å²) >= 11 is 0. The minimum absolute atomic E-state index is 0.0816. The van der Waals surface area contributed by atoms with Crippen LogP contribution in [0.15, 0.2) is 34.9 Å². The molecule has 7 heteroatoms. The van der Waals surface area contributed by atoms with Crippen molar-refractivity contribution in [1.82, 2.24) is 0 Å². The number of benzene rings is 1. The highest BCUT2D eigenvalue weighted by Gasteiger charge is 2.18. The lowest BCUT2D eigenvalue weighted by molar-refractivity contribution is -0.386. The monoisotopic (exact) mass is 277 g/mol. The van der Waals surface area contributed by atoms with Crippen molar-refractivity contribution >= 4 is 11.7 Å². The van der Waals surface area contributed by atoms with E-state index in [4.69, 9.17) is 14.3 Å². The van der Waals surface area contributed by atoms with E-state index in [-0.39, 0.29) is 23.8 Å². The highest BCUT2D eigenvalue weighted by molar-refractivity contribution is 5.86. The Kier molecular flexibility index (Phi) is 3.69. The number of aryl methyl sites for hydroxylation is 1. The lowest BCUT2D eigenvalue weighted by atomic mass is 10.2. The molecule has 2 aromatic rings. The third kappa shape index (κ3) is 2.77. The first-order valence-corrected chi connectivity index (χ1v) is 5.66. The fourth-order valence-corrected chi connectivity index (χ4v) is 1.68. The summed E-state index contributed by atoms with van der Waals surface area (Å²) in [6.45, 7) is 1.61. The number of carboxylic acids is 1.